The minimum atomic E-state index is -0.0673. The zero-order valence-corrected chi connectivity index (χ0v) is 11.8. The third-order valence-electron chi connectivity index (χ3n) is 3.09. The highest BCUT2D eigenvalue weighted by Crippen LogP contribution is 2.41. The second kappa shape index (κ2) is 4.74. The monoisotopic (exact) mass is 269 g/mol. The highest BCUT2D eigenvalue weighted by Gasteiger charge is 2.24. The number of thioether (sulfide) groups is 1. The van der Waals surface area contributed by atoms with E-state index in [2.05, 4.69) is 43.1 Å². The van der Waals surface area contributed by atoms with Gasteiger partial charge in [0.05, 0.1) is 0 Å². The Morgan fingerprint density at radius 3 is 2.37 bits per heavy atom. The molecule has 96 valence electrons. The van der Waals surface area contributed by atoms with Crippen LogP contribution in [0, 0.1) is 0 Å². The normalized spacial score (nSPS) is 11.9. The van der Waals surface area contributed by atoms with Gasteiger partial charge in [-0.25, -0.2) is 4.98 Å². The van der Waals surface area contributed by atoms with E-state index in [4.69, 9.17) is 4.42 Å². The van der Waals surface area contributed by atoms with Crippen LogP contribution in [0.4, 0.5) is 0 Å². The summed E-state index contributed by atoms with van der Waals surface area (Å²) in [6.45, 7) is 4.36. The number of aromatic nitrogens is 1. The van der Waals surface area contributed by atoms with Crippen molar-refractivity contribution in [1.82, 2.24) is 4.98 Å². The molecule has 0 spiro atoms. The molecule has 3 heteroatoms. The maximum atomic E-state index is 5.78. The molecule has 19 heavy (non-hydrogen) atoms. The Kier molecular flexibility index (Phi) is 3.07. The Balaban J connectivity index is 1.92. The first kappa shape index (κ1) is 12.3. The number of para-hydroxylation sites is 2. The molecule has 3 aromatic rings. The van der Waals surface area contributed by atoms with Crippen LogP contribution in [0.5, 0.6) is 0 Å². The van der Waals surface area contributed by atoms with Gasteiger partial charge in [0, 0.05) is 4.75 Å². The lowest BCUT2D eigenvalue weighted by Gasteiger charge is -2.22. The summed E-state index contributed by atoms with van der Waals surface area (Å²) < 4.78 is 5.71. The molecule has 0 aliphatic rings. The summed E-state index contributed by atoms with van der Waals surface area (Å²) in [5, 5.41) is 0.718. The molecular formula is C16H15NOS. The van der Waals surface area contributed by atoms with E-state index in [1.165, 1.54) is 5.56 Å². The molecule has 2 aromatic carbocycles. The van der Waals surface area contributed by atoms with E-state index in [1.807, 2.05) is 30.3 Å². The van der Waals surface area contributed by atoms with Gasteiger partial charge in [-0.3, -0.25) is 0 Å². The van der Waals surface area contributed by atoms with E-state index in [0.29, 0.717) is 0 Å². The Morgan fingerprint density at radius 2 is 1.63 bits per heavy atom. The van der Waals surface area contributed by atoms with Crippen LogP contribution in [0.25, 0.3) is 11.1 Å². The van der Waals surface area contributed by atoms with Crippen LogP contribution in [-0.4, -0.2) is 4.98 Å². The van der Waals surface area contributed by atoms with Gasteiger partial charge < -0.3 is 4.42 Å². The van der Waals surface area contributed by atoms with Crippen molar-refractivity contribution in [2.24, 2.45) is 0 Å². The van der Waals surface area contributed by atoms with Crippen LogP contribution in [0.1, 0.15) is 19.4 Å². The fourth-order valence-electron chi connectivity index (χ4n) is 2.01. The second-order valence-electron chi connectivity index (χ2n) is 4.93. The highest BCUT2D eigenvalue weighted by molar-refractivity contribution is 8.00. The number of fused-ring (bicyclic) bond motifs is 1. The van der Waals surface area contributed by atoms with Gasteiger partial charge in [0.2, 0.25) is 0 Å². The van der Waals surface area contributed by atoms with Crippen LogP contribution in [0.15, 0.2) is 64.2 Å². The quantitative estimate of drug-likeness (QED) is 0.635. The lowest BCUT2D eigenvalue weighted by Crippen LogP contribution is -2.11. The van der Waals surface area contributed by atoms with Crippen molar-refractivity contribution < 1.29 is 4.42 Å². The molecule has 0 unspecified atom stereocenters. The van der Waals surface area contributed by atoms with E-state index in [1.54, 1.807) is 11.8 Å². The predicted octanol–water partition coefficient (Wildman–Crippen LogP) is 4.86. The zero-order valence-electron chi connectivity index (χ0n) is 11.0. The molecule has 3 rings (SSSR count). The molecule has 0 radical (unpaired) electrons. The minimum Gasteiger partial charge on any atom is -0.431 e. The molecule has 0 fully saturated rings. The first-order valence-electron chi connectivity index (χ1n) is 6.25. The van der Waals surface area contributed by atoms with Crippen LogP contribution in [-0.2, 0) is 4.75 Å². The SMILES string of the molecule is CC(C)(Sc1nc2ccccc2o1)c1ccccc1. The fraction of sp³-hybridized carbons (Fsp3) is 0.188. The molecule has 1 heterocycles. The molecule has 0 atom stereocenters. The van der Waals surface area contributed by atoms with E-state index in [0.717, 1.165) is 16.3 Å². The average molecular weight is 269 g/mol. The smallest absolute Gasteiger partial charge is 0.257 e. The van der Waals surface area contributed by atoms with E-state index in [9.17, 15) is 0 Å². The molecular weight excluding hydrogens is 254 g/mol. The highest BCUT2D eigenvalue weighted by atomic mass is 32.2. The number of oxazole rings is 1. The second-order valence-corrected chi connectivity index (χ2v) is 6.50. The summed E-state index contributed by atoms with van der Waals surface area (Å²) in [7, 11) is 0. The summed E-state index contributed by atoms with van der Waals surface area (Å²) in [5.74, 6) is 0. The number of rotatable bonds is 3. The topological polar surface area (TPSA) is 26.0 Å². The number of nitrogens with zero attached hydrogens (tertiary/aromatic N) is 1. The van der Waals surface area contributed by atoms with Crippen molar-refractivity contribution in [1.29, 1.82) is 0 Å². The Labute approximate surface area is 116 Å². The standard InChI is InChI=1S/C16H15NOS/c1-16(2,12-8-4-3-5-9-12)19-15-17-13-10-6-7-11-14(13)18-15/h3-11H,1-2H3. The summed E-state index contributed by atoms with van der Waals surface area (Å²) in [5.41, 5.74) is 3.02. The zero-order chi connectivity index (χ0) is 13.3. The van der Waals surface area contributed by atoms with Gasteiger partial charge in [0.15, 0.2) is 5.58 Å². The molecule has 0 N–H and O–H groups in total. The average Bonchev–Trinajstić information content (AvgIpc) is 2.81. The van der Waals surface area contributed by atoms with Gasteiger partial charge in [-0.15, -0.1) is 0 Å². The molecule has 0 aliphatic heterocycles. The number of hydrogen-bond donors (Lipinski definition) is 0. The van der Waals surface area contributed by atoms with Gasteiger partial charge in [0.25, 0.3) is 5.22 Å². The van der Waals surface area contributed by atoms with Gasteiger partial charge in [-0.2, -0.15) is 0 Å². The van der Waals surface area contributed by atoms with Crippen molar-refractivity contribution in [3.05, 3.63) is 60.2 Å². The van der Waals surface area contributed by atoms with E-state index >= 15 is 0 Å². The van der Waals surface area contributed by atoms with Crippen LogP contribution < -0.4 is 0 Å². The lowest BCUT2D eigenvalue weighted by atomic mass is 10.0. The van der Waals surface area contributed by atoms with E-state index in [-0.39, 0.29) is 4.75 Å². The lowest BCUT2D eigenvalue weighted by molar-refractivity contribution is 0.485. The first-order valence-corrected chi connectivity index (χ1v) is 7.07. The van der Waals surface area contributed by atoms with Crippen molar-refractivity contribution in [2.75, 3.05) is 0 Å². The molecule has 2 nitrogen and oxygen atoms in total. The van der Waals surface area contributed by atoms with Crippen molar-refractivity contribution in [3.8, 4) is 0 Å². The summed E-state index contributed by atoms with van der Waals surface area (Å²) in [6.07, 6.45) is 0. The van der Waals surface area contributed by atoms with Crippen LogP contribution >= 0.6 is 11.8 Å². The van der Waals surface area contributed by atoms with E-state index < -0.39 is 0 Å². The number of benzene rings is 2. The largest absolute Gasteiger partial charge is 0.431 e. The number of hydrogen-bond acceptors (Lipinski definition) is 3. The molecule has 0 aliphatic carbocycles. The first-order chi connectivity index (χ1) is 9.15. The Hall–Kier alpha value is -1.74. The van der Waals surface area contributed by atoms with Gasteiger partial charge in [0.1, 0.15) is 5.52 Å². The van der Waals surface area contributed by atoms with Crippen LogP contribution in [0.2, 0.25) is 0 Å². The van der Waals surface area contributed by atoms with Gasteiger partial charge in [-0.05, 0) is 31.5 Å². The summed E-state index contributed by atoms with van der Waals surface area (Å²) >= 11 is 1.65. The Bertz CT molecular complexity index is 655. The van der Waals surface area contributed by atoms with Crippen molar-refractivity contribution in [3.63, 3.8) is 0 Å². The minimum absolute atomic E-state index is 0.0673. The predicted molar refractivity (Wildman–Crippen MR) is 79.3 cm³/mol. The fourth-order valence-corrected chi connectivity index (χ4v) is 2.98. The molecule has 0 bridgehead atoms. The summed E-state index contributed by atoms with van der Waals surface area (Å²) in [6, 6.07) is 18.3. The molecule has 1 aromatic heterocycles. The third-order valence-corrected chi connectivity index (χ3v) is 4.18. The van der Waals surface area contributed by atoms with Crippen molar-refractivity contribution in [2.45, 2.75) is 23.8 Å². The molecule has 0 amide bonds. The van der Waals surface area contributed by atoms with Crippen molar-refractivity contribution >= 4 is 22.9 Å². The maximum Gasteiger partial charge on any atom is 0.257 e. The van der Waals surface area contributed by atoms with Crippen LogP contribution in [0.3, 0.4) is 0 Å². The maximum absolute atomic E-state index is 5.78. The Morgan fingerprint density at radius 1 is 0.947 bits per heavy atom. The molecule has 0 saturated heterocycles. The third kappa shape index (κ3) is 2.51. The van der Waals surface area contributed by atoms with Gasteiger partial charge in [-0.1, -0.05) is 54.2 Å². The molecule has 0 saturated carbocycles. The summed E-state index contributed by atoms with van der Waals surface area (Å²) in [4.78, 5) is 4.52. The van der Waals surface area contributed by atoms with Gasteiger partial charge >= 0.3 is 0 Å².